The predicted octanol–water partition coefficient (Wildman–Crippen LogP) is 3.12. The average molecular weight is 233 g/mol. The second-order valence-corrected chi connectivity index (χ2v) is 5.13. The zero-order chi connectivity index (χ0) is 12.4. The molecule has 2 atom stereocenters. The second kappa shape index (κ2) is 5.19. The van der Waals surface area contributed by atoms with Gasteiger partial charge in [0.05, 0.1) is 12.1 Å². The molecule has 0 spiro atoms. The Morgan fingerprint density at radius 2 is 2.00 bits per heavy atom. The Bertz CT molecular complexity index is 385. The van der Waals surface area contributed by atoms with Gasteiger partial charge in [-0.15, -0.1) is 0 Å². The zero-order valence-electron chi connectivity index (χ0n) is 11.1. The van der Waals surface area contributed by atoms with Gasteiger partial charge in [0.15, 0.2) is 0 Å². The summed E-state index contributed by atoms with van der Waals surface area (Å²) in [7, 11) is 0. The van der Waals surface area contributed by atoms with Crippen molar-refractivity contribution >= 4 is 0 Å². The Balaban J connectivity index is 2.15. The van der Waals surface area contributed by atoms with Gasteiger partial charge in [0, 0.05) is 6.61 Å². The van der Waals surface area contributed by atoms with Crippen LogP contribution in [0.3, 0.4) is 0 Å². The van der Waals surface area contributed by atoms with Crippen molar-refractivity contribution in [3.63, 3.8) is 0 Å². The van der Waals surface area contributed by atoms with Gasteiger partial charge in [0.2, 0.25) is 0 Å². The Hall–Kier alpha value is -0.860. The summed E-state index contributed by atoms with van der Waals surface area (Å²) < 4.78 is 5.83. The van der Waals surface area contributed by atoms with Gasteiger partial charge in [0.1, 0.15) is 0 Å². The Morgan fingerprint density at radius 3 is 2.53 bits per heavy atom. The highest BCUT2D eigenvalue weighted by Crippen LogP contribution is 2.39. The molecule has 2 heteroatoms. The minimum absolute atomic E-state index is 0.0155. The third-order valence-electron chi connectivity index (χ3n) is 3.72. The second-order valence-electron chi connectivity index (χ2n) is 5.13. The summed E-state index contributed by atoms with van der Waals surface area (Å²) >= 11 is 0. The fourth-order valence-corrected chi connectivity index (χ4v) is 2.31. The molecule has 0 heterocycles. The lowest BCUT2D eigenvalue weighted by Gasteiger charge is -2.24. The molecule has 2 rings (SSSR count). The molecule has 0 bridgehead atoms. The zero-order valence-corrected chi connectivity index (χ0v) is 11.1. The number of benzene rings is 1. The van der Waals surface area contributed by atoms with E-state index in [9.17, 15) is 0 Å². The Labute approximate surface area is 104 Å². The van der Waals surface area contributed by atoms with Gasteiger partial charge in [-0.2, -0.15) is 0 Å². The summed E-state index contributed by atoms with van der Waals surface area (Å²) in [6.07, 6.45) is 2.73. The summed E-state index contributed by atoms with van der Waals surface area (Å²) in [5.74, 6) is 0.673. The van der Waals surface area contributed by atoms with Crippen LogP contribution in [0.15, 0.2) is 18.2 Å². The molecular weight excluding hydrogens is 210 g/mol. The van der Waals surface area contributed by atoms with Crippen LogP contribution < -0.4 is 5.73 Å². The molecule has 0 radical (unpaired) electrons. The number of nitrogens with two attached hydrogens (primary N) is 1. The molecule has 1 aromatic rings. The van der Waals surface area contributed by atoms with Crippen molar-refractivity contribution < 1.29 is 4.74 Å². The van der Waals surface area contributed by atoms with Crippen LogP contribution in [0.5, 0.6) is 0 Å². The maximum Gasteiger partial charge on any atom is 0.0795 e. The molecular formula is C15H23NO. The molecule has 1 fully saturated rings. The van der Waals surface area contributed by atoms with Crippen molar-refractivity contribution in [3.8, 4) is 0 Å². The number of hydrogen-bond donors (Lipinski definition) is 1. The van der Waals surface area contributed by atoms with Crippen LogP contribution in [0.25, 0.3) is 0 Å². The minimum atomic E-state index is 0.0155. The Kier molecular flexibility index (Phi) is 3.85. The molecule has 2 N–H and O–H groups in total. The number of aryl methyl sites for hydroxylation is 2. The largest absolute Gasteiger partial charge is 0.376 e. The lowest BCUT2D eigenvalue weighted by atomic mass is 9.96. The summed E-state index contributed by atoms with van der Waals surface area (Å²) in [6.45, 7) is 7.06. The number of rotatable bonds is 5. The van der Waals surface area contributed by atoms with E-state index >= 15 is 0 Å². The molecule has 1 aliphatic carbocycles. The fraction of sp³-hybridized carbons (Fsp3) is 0.600. The molecule has 0 aromatic heterocycles. The van der Waals surface area contributed by atoms with Crippen molar-refractivity contribution in [2.24, 2.45) is 11.7 Å². The van der Waals surface area contributed by atoms with Crippen molar-refractivity contribution in [2.75, 3.05) is 6.61 Å². The fourth-order valence-electron chi connectivity index (χ4n) is 2.31. The van der Waals surface area contributed by atoms with Gasteiger partial charge < -0.3 is 10.5 Å². The van der Waals surface area contributed by atoms with Crippen LogP contribution in [0.4, 0.5) is 0 Å². The SMILES string of the molecule is CCOC(C1CC1)C(N)c1ccc(C)c(C)c1. The summed E-state index contributed by atoms with van der Waals surface area (Å²) in [6, 6.07) is 6.51. The van der Waals surface area contributed by atoms with Crippen LogP contribution >= 0.6 is 0 Å². The van der Waals surface area contributed by atoms with Gasteiger partial charge in [0.25, 0.3) is 0 Å². The van der Waals surface area contributed by atoms with E-state index < -0.39 is 0 Å². The number of ether oxygens (including phenoxy) is 1. The van der Waals surface area contributed by atoms with E-state index in [1.165, 1.54) is 29.5 Å². The van der Waals surface area contributed by atoms with Gasteiger partial charge in [-0.1, -0.05) is 18.2 Å². The normalized spacial score (nSPS) is 19.1. The molecule has 0 saturated heterocycles. The monoisotopic (exact) mass is 233 g/mol. The summed E-state index contributed by atoms with van der Waals surface area (Å²) in [5.41, 5.74) is 10.2. The summed E-state index contributed by atoms with van der Waals surface area (Å²) in [4.78, 5) is 0. The first-order chi connectivity index (χ1) is 8.13. The first kappa shape index (κ1) is 12.6. The van der Waals surface area contributed by atoms with E-state index in [1.54, 1.807) is 0 Å². The highest BCUT2D eigenvalue weighted by molar-refractivity contribution is 5.32. The van der Waals surface area contributed by atoms with E-state index in [-0.39, 0.29) is 12.1 Å². The van der Waals surface area contributed by atoms with E-state index in [1.807, 2.05) is 6.92 Å². The quantitative estimate of drug-likeness (QED) is 0.848. The van der Waals surface area contributed by atoms with E-state index in [4.69, 9.17) is 10.5 Å². The van der Waals surface area contributed by atoms with Crippen molar-refractivity contribution in [2.45, 2.75) is 45.8 Å². The molecule has 1 aromatic carbocycles. The van der Waals surface area contributed by atoms with E-state index in [2.05, 4.69) is 32.0 Å². The van der Waals surface area contributed by atoms with Crippen molar-refractivity contribution in [1.29, 1.82) is 0 Å². The van der Waals surface area contributed by atoms with E-state index in [0.29, 0.717) is 5.92 Å². The van der Waals surface area contributed by atoms with Crippen LogP contribution in [-0.4, -0.2) is 12.7 Å². The molecule has 2 unspecified atom stereocenters. The minimum Gasteiger partial charge on any atom is -0.376 e. The highest BCUT2D eigenvalue weighted by Gasteiger charge is 2.36. The van der Waals surface area contributed by atoms with Crippen molar-refractivity contribution in [1.82, 2.24) is 0 Å². The highest BCUT2D eigenvalue weighted by atomic mass is 16.5. The van der Waals surface area contributed by atoms with Crippen LogP contribution in [0.1, 0.15) is 42.5 Å². The lowest BCUT2D eigenvalue weighted by Crippen LogP contribution is -2.31. The molecule has 1 saturated carbocycles. The van der Waals surface area contributed by atoms with Crippen molar-refractivity contribution in [3.05, 3.63) is 34.9 Å². The average Bonchev–Trinajstić information content (AvgIpc) is 3.13. The van der Waals surface area contributed by atoms with Crippen LogP contribution in [0, 0.1) is 19.8 Å². The van der Waals surface area contributed by atoms with Crippen LogP contribution in [0.2, 0.25) is 0 Å². The third kappa shape index (κ3) is 2.88. The maximum absolute atomic E-state index is 6.36. The third-order valence-corrected chi connectivity index (χ3v) is 3.72. The predicted molar refractivity (Wildman–Crippen MR) is 71.0 cm³/mol. The van der Waals surface area contributed by atoms with Gasteiger partial charge in [-0.3, -0.25) is 0 Å². The van der Waals surface area contributed by atoms with Crippen LogP contribution in [-0.2, 0) is 4.74 Å². The first-order valence-corrected chi connectivity index (χ1v) is 6.57. The first-order valence-electron chi connectivity index (χ1n) is 6.57. The summed E-state index contributed by atoms with van der Waals surface area (Å²) in [5, 5.41) is 0. The maximum atomic E-state index is 6.36. The molecule has 94 valence electrons. The topological polar surface area (TPSA) is 35.2 Å². The number of hydrogen-bond acceptors (Lipinski definition) is 2. The molecule has 0 amide bonds. The van der Waals surface area contributed by atoms with Gasteiger partial charge >= 0.3 is 0 Å². The van der Waals surface area contributed by atoms with Gasteiger partial charge in [-0.25, -0.2) is 0 Å². The molecule has 0 aliphatic heterocycles. The molecule has 1 aliphatic rings. The van der Waals surface area contributed by atoms with E-state index in [0.717, 1.165) is 6.61 Å². The van der Waals surface area contributed by atoms with Gasteiger partial charge in [-0.05, 0) is 56.2 Å². The lowest BCUT2D eigenvalue weighted by molar-refractivity contribution is 0.0283. The standard InChI is InChI=1S/C15H23NO/c1-4-17-15(12-7-8-12)14(16)13-6-5-10(2)11(3)9-13/h5-6,9,12,14-15H,4,7-8,16H2,1-3H3. The molecule has 2 nitrogen and oxygen atoms in total. The Morgan fingerprint density at radius 1 is 1.29 bits per heavy atom. The smallest absolute Gasteiger partial charge is 0.0795 e. The molecule has 17 heavy (non-hydrogen) atoms.